The molecule has 1 spiro atoms. The van der Waals surface area contributed by atoms with Crippen LogP contribution in [0.1, 0.15) is 60.8 Å². The number of nitrogens with two attached hydrogens (primary N) is 2. The van der Waals surface area contributed by atoms with E-state index in [9.17, 15) is 29.7 Å². The summed E-state index contributed by atoms with van der Waals surface area (Å²) in [6.07, 6.45) is -6.66. The smallest absolute Gasteiger partial charge is 0.317 e. The lowest BCUT2D eigenvalue weighted by Crippen LogP contribution is -2.66. The zero-order valence-corrected chi connectivity index (χ0v) is 31.1. The number of methoxy groups -OCH3 is 2. The number of Topliss-reactive ketones (excluding diaryl/α,β-unsaturated/α-hetero) is 1. The molecule has 0 aromatic heterocycles. The van der Waals surface area contributed by atoms with Crippen LogP contribution in [0.4, 0.5) is 0 Å². The number of rotatable bonds is 11. The van der Waals surface area contributed by atoms with Crippen molar-refractivity contribution in [2.24, 2.45) is 16.5 Å². The van der Waals surface area contributed by atoms with Crippen molar-refractivity contribution in [2.45, 2.75) is 99.2 Å². The van der Waals surface area contributed by atoms with Gasteiger partial charge in [0.25, 0.3) is 0 Å². The van der Waals surface area contributed by atoms with Crippen molar-refractivity contribution in [2.75, 3.05) is 20.8 Å². The number of ether oxygens (including phenoxy) is 7. The number of carbonyl (C=O) groups excluding carboxylic acids is 2. The first kappa shape index (κ1) is 38.6. The van der Waals surface area contributed by atoms with E-state index in [-0.39, 0.29) is 17.5 Å². The molecule has 18 nitrogen and oxygen atoms in total. The van der Waals surface area contributed by atoms with E-state index in [1.54, 1.807) is 32.6 Å². The SMILES string of the molecule is COc1ccc2c(c1OC)O[C@H]1c3c(CN4C=C5N=CC=C5C4)cc(O[C@@H]4O[C@H]([C@H](OC(=O)CC(=O)O)C(N)N)[C@@H](O)[C@H](O)[C@H]4O)cc3OC3(CCC(=O)CC3)[C@@H]21. The van der Waals surface area contributed by atoms with Gasteiger partial charge < -0.3 is 70.0 Å². The number of nitrogens with zero attached hydrogens (tertiary/aromatic N) is 2. The first-order chi connectivity index (χ1) is 27.3. The van der Waals surface area contributed by atoms with E-state index in [2.05, 4.69) is 9.89 Å². The molecule has 6 aliphatic rings. The number of allylic oxidation sites excluding steroid dienone is 1. The molecule has 8 rings (SSSR count). The van der Waals surface area contributed by atoms with E-state index >= 15 is 0 Å². The lowest BCUT2D eigenvalue weighted by atomic mass is 9.67. The number of hydrogen-bond donors (Lipinski definition) is 6. The van der Waals surface area contributed by atoms with Crippen LogP contribution in [-0.4, -0.2) is 119 Å². The van der Waals surface area contributed by atoms with Crippen LogP contribution in [-0.2, 0) is 30.4 Å². The highest BCUT2D eigenvalue weighted by Crippen LogP contribution is 2.64. The summed E-state index contributed by atoms with van der Waals surface area (Å²) in [5.41, 5.74) is 15.0. The van der Waals surface area contributed by atoms with Gasteiger partial charge in [-0.1, -0.05) is 6.07 Å². The van der Waals surface area contributed by atoms with Crippen LogP contribution < -0.4 is 35.2 Å². The van der Waals surface area contributed by atoms with Crippen LogP contribution in [0.3, 0.4) is 0 Å². The number of carboxylic acids is 1. The Bertz CT molecular complexity index is 2060. The van der Waals surface area contributed by atoms with Gasteiger partial charge in [0.2, 0.25) is 12.0 Å². The normalized spacial score (nSPS) is 28.3. The van der Waals surface area contributed by atoms with Crippen molar-refractivity contribution in [1.82, 2.24) is 4.90 Å². The highest BCUT2D eigenvalue weighted by Gasteiger charge is 2.58. The highest BCUT2D eigenvalue weighted by atomic mass is 16.7. The quantitative estimate of drug-likeness (QED) is 0.104. The monoisotopic (exact) mass is 792 g/mol. The fourth-order valence-electron chi connectivity index (χ4n) is 8.78. The first-order valence-electron chi connectivity index (χ1n) is 18.6. The second-order valence-electron chi connectivity index (χ2n) is 15.0. The van der Waals surface area contributed by atoms with E-state index in [1.165, 1.54) is 0 Å². The van der Waals surface area contributed by atoms with Crippen LogP contribution in [0.2, 0.25) is 0 Å². The van der Waals surface area contributed by atoms with E-state index in [4.69, 9.17) is 49.7 Å². The molecule has 2 aromatic carbocycles. The van der Waals surface area contributed by atoms with Crippen molar-refractivity contribution in [3.63, 3.8) is 0 Å². The number of esters is 1. The largest absolute Gasteiger partial charge is 0.493 e. The molecule has 0 amide bonds. The number of aliphatic hydroxyl groups is 3. The third-order valence-electron chi connectivity index (χ3n) is 11.4. The van der Waals surface area contributed by atoms with Gasteiger partial charge in [0.1, 0.15) is 59.8 Å². The standard InChI is InChI=1S/C39H44N4O14/c1-51-23-4-3-21-28-34(55-32(21)33(23)52-2)27-18(15-43-14-17-7-10-42-22(17)16-43)11-20(12-24(27)57-39(28)8-5-19(44)6-9-39)53-38-31(50)29(48)30(49)35(56-38)36(37(40)41)54-26(47)13-25(45)46/h3-4,7,10-12,16,28-31,34-38,48-50H,5-6,8-9,13-15,40-41H2,1-2H3,(H,45,46)/t28-,29-,30-,31+,34-,35-,36-,38+/m0/s1. The Morgan fingerprint density at radius 1 is 1.07 bits per heavy atom. The Hall–Kier alpha value is -5.24. The number of benzene rings is 2. The third-order valence-corrected chi connectivity index (χ3v) is 11.4. The minimum Gasteiger partial charge on any atom is -0.493 e. The lowest BCUT2D eigenvalue weighted by molar-refractivity contribution is -0.291. The fourth-order valence-corrected chi connectivity index (χ4v) is 8.78. The minimum absolute atomic E-state index is 0.128. The van der Waals surface area contributed by atoms with Crippen LogP contribution >= 0.6 is 0 Å². The van der Waals surface area contributed by atoms with Crippen LogP contribution in [0, 0.1) is 0 Å². The summed E-state index contributed by atoms with van der Waals surface area (Å²) in [5, 5.41) is 42.1. The Labute approximate surface area is 326 Å². The van der Waals surface area contributed by atoms with Gasteiger partial charge >= 0.3 is 11.9 Å². The number of carbonyl (C=O) groups is 3. The number of hydrogen-bond acceptors (Lipinski definition) is 17. The van der Waals surface area contributed by atoms with E-state index < -0.39 is 73.0 Å². The Balaban J connectivity index is 1.19. The van der Waals surface area contributed by atoms with Crippen molar-refractivity contribution >= 4 is 23.9 Å². The molecule has 0 radical (unpaired) electrons. The summed E-state index contributed by atoms with van der Waals surface area (Å²) in [5.74, 6) is -0.954. The van der Waals surface area contributed by atoms with Gasteiger partial charge in [0.05, 0.1) is 32.0 Å². The Morgan fingerprint density at radius 3 is 2.53 bits per heavy atom. The van der Waals surface area contributed by atoms with Gasteiger partial charge in [-0.3, -0.25) is 19.4 Å². The second kappa shape index (κ2) is 14.9. The molecule has 1 saturated carbocycles. The summed E-state index contributed by atoms with van der Waals surface area (Å²) in [7, 11) is 3.09. The molecule has 18 heteroatoms. The number of carboxylic acid groups (broad SMARTS) is 1. The Morgan fingerprint density at radius 2 is 1.84 bits per heavy atom. The number of fused-ring (bicyclic) bond motifs is 7. The maximum atomic E-state index is 12.7. The van der Waals surface area contributed by atoms with E-state index in [0.717, 1.165) is 22.4 Å². The van der Waals surface area contributed by atoms with Crippen LogP contribution in [0.15, 0.2) is 52.8 Å². The van der Waals surface area contributed by atoms with Crippen LogP contribution in [0.5, 0.6) is 28.7 Å². The average molecular weight is 793 g/mol. The number of ketones is 1. The molecule has 2 fully saturated rings. The molecule has 5 aliphatic heterocycles. The maximum absolute atomic E-state index is 12.7. The molecule has 0 bridgehead atoms. The number of aliphatic carboxylic acids is 1. The van der Waals surface area contributed by atoms with Gasteiger partial charge in [0, 0.05) is 61.1 Å². The van der Waals surface area contributed by atoms with Crippen molar-refractivity contribution in [3.05, 3.63) is 64.5 Å². The van der Waals surface area contributed by atoms with Gasteiger partial charge in [-0.25, -0.2) is 0 Å². The van der Waals surface area contributed by atoms with Crippen molar-refractivity contribution in [3.8, 4) is 28.7 Å². The highest BCUT2D eigenvalue weighted by molar-refractivity contribution is 5.90. The van der Waals surface area contributed by atoms with Gasteiger partial charge in [-0.15, -0.1) is 0 Å². The van der Waals surface area contributed by atoms with E-state index in [1.807, 2.05) is 24.4 Å². The van der Waals surface area contributed by atoms with Gasteiger partial charge in [-0.2, -0.15) is 0 Å². The molecular weight excluding hydrogens is 748 g/mol. The predicted octanol–water partition coefficient (Wildman–Crippen LogP) is 0.680. The summed E-state index contributed by atoms with van der Waals surface area (Å²) >= 11 is 0. The van der Waals surface area contributed by atoms with Gasteiger partial charge in [0.15, 0.2) is 17.6 Å². The van der Waals surface area contributed by atoms with E-state index in [0.29, 0.717) is 67.3 Å². The molecular formula is C39H44N4O14. The number of aliphatic hydroxyl groups excluding tert-OH is 3. The fraction of sp³-hybridized carbons (Fsp3) is 0.487. The summed E-state index contributed by atoms with van der Waals surface area (Å²) in [4.78, 5) is 42.6. The Kier molecular flexibility index (Phi) is 10.1. The van der Waals surface area contributed by atoms with Gasteiger partial charge in [-0.05, 0) is 36.6 Å². The molecule has 8 atom stereocenters. The van der Waals surface area contributed by atoms with Crippen molar-refractivity contribution < 1.29 is 68.0 Å². The third kappa shape index (κ3) is 6.85. The summed E-state index contributed by atoms with van der Waals surface area (Å²) < 4.78 is 42.7. The minimum atomic E-state index is -1.90. The first-order valence-corrected chi connectivity index (χ1v) is 18.6. The molecule has 0 unspecified atom stereocenters. The second-order valence-corrected chi connectivity index (χ2v) is 15.0. The molecule has 5 heterocycles. The average Bonchev–Trinajstić information content (AvgIpc) is 3.89. The molecule has 57 heavy (non-hydrogen) atoms. The molecule has 8 N–H and O–H groups in total. The maximum Gasteiger partial charge on any atom is 0.317 e. The lowest BCUT2D eigenvalue weighted by Gasteiger charge is -2.48. The summed E-state index contributed by atoms with van der Waals surface area (Å²) in [6, 6.07) is 7.12. The molecule has 304 valence electrons. The zero-order valence-electron chi connectivity index (χ0n) is 31.1. The topological polar surface area (TPSA) is 264 Å². The van der Waals surface area contributed by atoms with Crippen molar-refractivity contribution in [1.29, 1.82) is 0 Å². The van der Waals surface area contributed by atoms with Crippen LogP contribution in [0.25, 0.3) is 0 Å². The number of aliphatic imine (C=N–C) groups is 1. The predicted molar refractivity (Wildman–Crippen MR) is 196 cm³/mol. The molecule has 1 saturated heterocycles. The zero-order chi connectivity index (χ0) is 40.3. The summed E-state index contributed by atoms with van der Waals surface area (Å²) in [6.45, 7) is 0.898. The molecule has 1 aliphatic carbocycles. The molecule has 2 aromatic rings.